The highest BCUT2D eigenvalue weighted by molar-refractivity contribution is 5.95. The van der Waals surface area contributed by atoms with E-state index >= 15 is 0 Å². The summed E-state index contributed by atoms with van der Waals surface area (Å²) in [6.45, 7) is 8.34. The normalized spacial score (nSPS) is 16.5. The third-order valence-electron chi connectivity index (χ3n) is 5.60. The fraction of sp³-hybridized carbons (Fsp3) is 0.417. The number of fused-ring (bicyclic) bond motifs is 1. The van der Waals surface area contributed by atoms with E-state index in [0.717, 1.165) is 19.5 Å². The fourth-order valence-electron chi connectivity index (χ4n) is 3.96. The molecule has 1 N–H and O–H groups in total. The lowest BCUT2D eigenvalue weighted by molar-refractivity contribution is -0.128. The highest BCUT2D eigenvalue weighted by atomic mass is 16.5. The molecule has 0 aromatic heterocycles. The van der Waals surface area contributed by atoms with Gasteiger partial charge in [0, 0.05) is 19.5 Å². The van der Waals surface area contributed by atoms with Gasteiger partial charge in [0.2, 0.25) is 5.91 Å². The first-order valence-electron chi connectivity index (χ1n) is 10.6. The predicted octanol–water partition coefficient (Wildman–Crippen LogP) is 2.87. The van der Waals surface area contributed by atoms with Crippen molar-refractivity contribution >= 4 is 17.5 Å². The number of likely N-dealkylation sites (N-methyl/N-ethyl adjacent to an activating group) is 1. The Balaban J connectivity index is 1.68. The van der Waals surface area contributed by atoms with E-state index in [0.29, 0.717) is 18.0 Å². The Hall–Kier alpha value is -2.86. The average molecular weight is 410 g/mol. The number of benzene rings is 2. The second-order valence-electron chi connectivity index (χ2n) is 7.51. The first kappa shape index (κ1) is 21.8. The number of ether oxygens (including phenoxy) is 1. The Bertz CT molecular complexity index is 852. The minimum atomic E-state index is -0.724. The molecule has 2 aromatic carbocycles. The van der Waals surface area contributed by atoms with E-state index in [1.807, 2.05) is 36.4 Å². The van der Waals surface area contributed by atoms with E-state index in [1.165, 1.54) is 12.5 Å². The number of hydrogen-bond donors (Lipinski definition) is 1. The summed E-state index contributed by atoms with van der Waals surface area (Å²) in [5.41, 5.74) is 1.95. The third-order valence-corrected chi connectivity index (χ3v) is 5.60. The molecular weight excluding hydrogens is 378 g/mol. The summed E-state index contributed by atoms with van der Waals surface area (Å²) in [4.78, 5) is 29.0. The molecule has 6 heteroatoms. The van der Waals surface area contributed by atoms with Crippen LogP contribution in [0, 0.1) is 0 Å². The zero-order valence-electron chi connectivity index (χ0n) is 18.0. The van der Waals surface area contributed by atoms with Crippen LogP contribution in [0.15, 0.2) is 54.6 Å². The number of para-hydroxylation sites is 2. The molecule has 1 aliphatic heterocycles. The number of carbonyl (C=O) groups excluding carboxylic acids is 2. The molecule has 1 aliphatic rings. The summed E-state index contributed by atoms with van der Waals surface area (Å²) in [5.74, 6) is 0.262. The lowest BCUT2D eigenvalue weighted by Crippen LogP contribution is -2.53. The van der Waals surface area contributed by atoms with Crippen LogP contribution in [0.25, 0.3) is 0 Å². The maximum absolute atomic E-state index is 12.9. The van der Waals surface area contributed by atoms with Gasteiger partial charge in [-0.3, -0.25) is 14.5 Å². The van der Waals surface area contributed by atoms with Crippen LogP contribution in [0.4, 0.5) is 5.69 Å². The van der Waals surface area contributed by atoms with Crippen LogP contribution < -0.4 is 15.0 Å². The van der Waals surface area contributed by atoms with Gasteiger partial charge in [0.1, 0.15) is 5.75 Å². The molecule has 0 aliphatic carbocycles. The van der Waals surface area contributed by atoms with Crippen LogP contribution in [0.1, 0.15) is 26.3 Å². The number of amides is 2. The molecule has 2 atom stereocenters. The second-order valence-corrected chi connectivity index (χ2v) is 7.51. The number of anilines is 1. The largest absolute Gasteiger partial charge is 0.477 e. The molecule has 0 saturated heterocycles. The molecule has 0 unspecified atom stereocenters. The SMILES string of the molecule is CCN(CC)[C@H](CNC(=O)[C@@H]1CN(C(C)=O)c2ccccc2O1)Cc1ccccc1. The first-order valence-corrected chi connectivity index (χ1v) is 10.6. The van der Waals surface area contributed by atoms with E-state index < -0.39 is 6.10 Å². The highest BCUT2D eigenvalue weighted by Gasteiger charge is 2.32. The molecule has 1 heterocycles. The molecule has 160 valence electrons. The molecule has 6 nitrogen and oxygen atoms in total. The zero-order chi connectivity index (χ0) is 21.5. The number of rotatable bonds is 8. The number of nitrogens with one attached hydrogen (secondary N) is 1. The molecule has 0 spiro atoms. The van der Waals surface area contributed by atoms with Gasteiger partial charge in [0.25, 0.3) is 5.91 Å². The van der Waals surface area contributed by atoms with Crippen molar-refractivity contribution in [1.82, 2.24) is 10.2 Å². The summed E-state index contributed by atoms with van der Waals surface area (Å²) in [6.07, 6.45) is 0.134. The zero-order valence-corrected chi connectivity index (χ0v) is 18.0. The Kier molecular flexibility index (Phi) is 7.46. The Labute approximate surface area is 178 Å². The van der Waals surface area contributed by atoms with Crippen molar-refractivity contribution in [3.63, 3.8) is 0 Å². The van der Waals surface area contributed by atoms with Crippen LogP contribution in [0.3, 0.4) is 0 Å². The maximum atomic E-state index is 12.9. The van der Waals surface area contributed by atoms with Crippen LogP contribution in [-0.2, 0) is 16.0 Å². The molecule has 0 fully saturated rings. The molecule has 2 aromatic rings. The van der Waals surface area contributed by atoms with Gasteiger partial charge < -0.3 is 15.0 Å². The van der Waals surface area contributed by atoms with Crippen molar-refractivity contribution in [3.05, 3.63) is 60.2 Å². The molecule has 0 bridgehead atoms. The van der Waals surface area contributed by atoms with Gasteiger partial charge >= 0.3 is 0 Å². The van der Waals surface area contributed by atoms with Gasteiger partial charge in [0.05, 0.1) is 12.2 Å². The monoisotopic (exact) mass is 409 g/mol. The van der Waals surface area contributed by atoms with Gasteiger partial charge in [-0.2, -0.15) is 0 Å². The van der Waals surface area contributed by atoms with Crippen LogP contribution in [-0.4, -0.2) is 55.0 Å². The van der Waals surface area contributed by atoms with E-state index in [2.05, 4.69) is 36.2 Å². The van der Waals surface area contributed by atoms with Crippen molar-refractivity contribution in [2.45, 2.75) is 39.3 Å². The highest BCUT2D eigenvalue weighted by Crippen LogP contribution is 2.33. The minimum Gasteiger partial charge on any atom is -0.477 e. The minimum absolute atomic E-state index is 0.103. The summed E-state index contributed by atoms with van der Waals surface area (Å²) in [6, 6.07) is 17.8. The summed E-state index contributed by atoms with van der Waals surface area (Å²) < 4.78 is 5.92. The van der Waals surface area contributed by atoms with Gasteiger partial charge in [-0.15, -0.1) is 0 Å². The molecule has 3 rings (SSSR count). The number of nitrogens with zero attached hydrogens (tertiary/aromatic N) is 2. The number of hydrogen-bond acceptors (Lipinski definition) is 4. The van der Waals surface area contributed by atoms with Gasteiger partial charge in [0.15, 0.2) is 6.10 Å². The van der Waals surface area contributed by atoms with Gasteiger partial charge in [-0.05, 0) is 37.2 Å². The van der Waals surface area contributed by atoms with Crippen molar-refractivity contribution in [2.75, 3.05) is 31.1 Å². The molecule has 30 heavy (non-hydrogen) atoms. The summed E-state index contributed by atoms with van der Waals surface area (Å²) >= 11 is 0. The average Bonchev–Trinajstić information content (AvgIpc) is 2.77. The van der Waals surface area contributed by atoms with E-state index in [4.69, 9.17) is 4.74 Å². The molecule has 0 saturated carbocycles. The van der Waals surface area contributed by atoms with Crippen molar-refractivity contribution < 1.29 is 14.3 Å². The maximum Gasteiger partial charge on any atom is 0.263 e. The van der Waals surface area contributed by atoms with Gasteiger partial charge in [-0.25, -0.2) is 0 Å². The van der Waals surface area contributed by atoms with Crippen molar-refractivity contribution in [2.24, 2.45) is 0 Å². The molecular formula is C24H31N3O3. The van der Waals surface area contributed by atoms with Gasteiger partial charge in [-0.1, -0.05) is 56.3 Å². The van der Waals surface area contributed by atoms with Crippen LogP contribution in [0.5, 0.6) is 5.75 Å². The third kappa shape index (κ3) is 5.19. The Morgan fingerprint density at radius 1 is 1.10 bits per heavy atom. The fourth-order valence-corrected chi connectivity index (χ4v) is 3.96. The Morgan fingerprint density at radius 2 is 1.77 bits per heavy atom. The summed E-state index contributed by atoms with van der Waals surface area (Å²) in [7, 11) is 0. The molecule has 2 amide bonds. The van der Waals surface area contributed by atoms with Crippen LogP contribution in [0.2, 0.25) is 0 Å². The van der Waals surface area contributed by atoms with E-state index in [1.54, 1.807) is 11.0 Å². The van der Waals surface area contributed by atoms with Crippen LogP contribution >= 0.6 is 0 Å². The standard InChI is InChI=1S/C24H31N3O3/c1-4-26(5-2)20(15-19-11-7-6-8-12-19)16-25-24(29)23-17-27(18(3)28)21-13-9-10-14-22(21)30-23/h6-14,20,23H,4-5,15-17H2,1-3H3,(H,25,29)/t20-,23-/m0/s1. The smallest absolute Gasteiger partial charge is 0.263 e. The summed E-state index contributed by atoms with van der Waals surface area (Å²) in [5, 5.41) is 3.07. The molecule has 0 radical (unpaired) electrons. The number of carbonyl (C=O) groups is 2. The van der Waals surface area contributed by atoms with E-state index in [9.17, 15) is 9.59 Å². The van der Waals surface area contributed by atoms with Crippen molar-refractivity contribution in [3.8, 4) is 5.75 Å². The second kappa shape index (κ2) is 10.3. The quantitative estimate of drug-likeness (QED) is 0.728. The first-order chi connectivity index (χ1) is 14.5. The lowest BCUT2D eigenvalue weighted by atomic mass is 10.0. The topological polar surface area (TPSA) is 61.9 Å². The Morgan fingerprint density at radius 3 is 2.43 bits per heavy atom. The van der Waals surface area contributed by atoms with E-state index in [-0.39, 0.29) is 24.4 Å². The predicted molar refractivity (Wildman–Crippen MR) is 119 cm³/mol. The lowest BCUT2D eigenvalue weighted by Gasteiger charge is -2.34. The van der Waals surface area contributed by atoms with Crippen molar-refractivity contribution in [1.29, 1.82) is 0 Å².